The van der Waals surface area contributed by atoms with Crippen molar-refractivity contribution in [3.05, 3.63) is 83.7 Å². The molecule has 4 rings (SSSR count). The van der Waals surface area contributed by atoms with Crippen LogP contribution in [0.4, 0.5) is 21.5 Å². The molecule has 0 unspecified atom stereocenters. The Morgan fingerprint density at radius 3 is 2.03 bits per heavy atom. The number of hydrogen-bond acceptors (Lipinski definition) is 4. The van der Waals surface area contributed by atoms with E-state index in [1.165, 1.54) is 24.3 Å². The molecule has 0 atom stereocenters. The summed E-state index contributed by atoms with van der Waals surface area (Å²) in [5.41, 5.74) is 4.20. The largest absolute Gasteiger partial charge is 0.508 e. The predicted octanol–water partition coefficient (Wildman–Crippen LogP) is 4.42. The Labute approximate surface area is 175 Å². The number of benzene rings is 3. The van der Waals surface area contributed by atoms with E-state index < -0.39 is 0 Å². The monoisotopic (exact) mass is 405 g/mol. The summed E-state index contributed by atoms with van der Waals surface area (Å²) in [6.45, 7) is 5.43. The lowest BCUT2D eigenvalue weighted by Crippen LogP contribution is -2.46. The van der Waals surface area contributed by atoms with Crippen LogP contribution in [0, 0.1) is 12.7 Å². The second-order valence-corrected chi connectivity index (χ2v) is 7.45. The molecule has 1 aliphatic rings. The van der Waals surface area contributed by atoms with Crippen molar-refractivity contribution in [1.29, 1.82) is 0 Å². The number of aromatic hydroxyl groups is 1. The first kappa shape index (κ1) is 19.8. The Morgan fingerprint density at radius 2 is 1.43 bits per heavy atom. The summed E-state index contributed by atoms with van der Waals surface area (Å²) in [5, 5.41) is 12.5. The minimum Gasteiger partial charge on any atom is -0.508 e. The van der Waals surface area contributed by atoms with E-state index in [9.17, 15) is 14.3 Å². The highest BCUT2D eigenvalue weighted by molar-refractivity contribution is 6.04. The zero-order valence-electron chi connectivity index (χ0n) is 16.8. The maximum atomic E-state index is 13.0. The number of rotatable bonds is 4. The molecule has 0 spiro atoms. The lowest BCUT2D eigenvalue weighted by Gasteiger charge is -2.37. The molecule has 2 N–H and O–H groups in total. The molecule has 3 aromatic carbocycles. The lowest BCUT2D eigenvalue weighted by atomic mass is 10.1. The molecule has 3 aromatic rings. The van der Waals surface area contributed by atoms with Crippen molar-refractivity contribution in [2.75, 3.05) is 41.3 Å². The fourth-order valence-corrected chi connectivity index (χ4v) is 3.62. The van der Waals surface area contributed by atoms with Crippen molar-refractivity contribution in [2.24, 2.45) is 0 Å². The van der Waals surface area contributed by atoms with Gasteiger partial charge in [0, 0.05) is 48.8 Å². The van der Waals surface area contributed by atoms with Crippen LogP contribution >= 0.6 is 0 Å². The van der Waals surface area contributed by atoms with Crippen molar-refractivity contribution in [2.45, 2.75) is 6.92 Å². The van der Waals surface area contributed by atoms with Gasteiger partial charge < -0.3 is 20.2 Å². The number of hydrogen-bond donors (Lipinski definition) is 2. The number of amides is 1. The topological polar surface area (TPSA) is 55.8 Å². The summed E-state index contributed by atoms with van der Waals surface area (Å²) >= 11 is 0. The van der Waals surface area contributed by atoms with E-state index in [4.69, 9.17) is 0 Å². The van der Waals surface area contributed by atoms with Crippen LogP contribution in [0.5, 0.6) is 5.75 Å². The number of carbonyl (C=O) groups is 1. The second-order valence-electron chi connectivity index (χ2n) is 7.45. The van der Waals surface area contributed by atoms with Gasteiger partial charge >= 0.3 is 0 Å². The molecule has 154 valence electrons. The minimum atomic E-state index is -0.335. The Bertz CT molecular complexity index is 1030. The quantitative estimate of drug-likeness (QED) is 0.675. The summed E-state index contributed by atoms with van der Waals surface area (Å²) in [7, 11) is 0. The number of nitrogens with one attached hydrogen (secondary N) is 1. The molecular formula is C24H24FN3O2. The van der Waals surface area contributed by atoms with Gasteiger partial charge in [0.1, 0.15) is 11.6 Å². The van der Waals surface area contributed by atoms with Crippen LogP contribution in [0.2, 0.25) is 0 Å². The van der Waals surface area contributed by atoms with E-state index in [1.54, 1.807) is 6.07 Å². The highest BCUT2D eigenvalue weighted by Gasteiger charge is 2.18. The number of piperazine rings is 1. The highest BCUT2D eigenvalue weighted by atomic mass is 19.1. The molecule has 0 saturated carbocycles. The van der Waals surface area contributed by atoms with Crippen molar-refractivity contribution >= 4 is 23.0 Å². The Kier molecular flexibility index (Phi) is 5.57. The Hall–Kier alpha value is -3.54. The van der Waals surface area contributed by atoms with Gasteiger partial charge in [0.2, 0.25) is 0 Å². The molecule has 0 aliphatic carbocycles. The molecular weight excluding hydrogens is 381 g/mol. The average molecular weight is 405 g/mol. The normalized spacial score (nSPS) is 13.9. The zero-order chi connectivity index (χ0) is 21.1. The summed E-state index contributed by atoms with van der Waals surface area (Å²) in [6.07, 6.45) is 0. The molecule has 0 bridgehead atoms. The van der Waals surface area contributed by atoms with E-state index in [2.05, 4.69) is 15.1 Å². The Balaban J connectivity index is 1.36. The van der Waals surface area contributed by atoms with Gasteiger partial charge in [-0.1, -0.05) is 0 Å². The molecule has 0 aromatic heterocycles. The van der Waals surface area contributed by atoms with Gasteiger partial charge in [-0.15, -0.1) is 0 Å². The fourth-order valence-electron chi connectivity index (χ4n) is 3.62. The summed E-state index contributed by atoms with van der Waals surface area (Å²) < 4.78 is 13.0. The standard InChI is InChI=1S/C24H24FN3O2/c1-17-16-22(10-11-23(17)29)28-14-12-27(13-15-28)21-8-2-18(3-9-21)24(30)26-20-6-4-19(25)5-7-20/h2-11,16,29H,12-15H2,1H3,(H,26,30). The van der Waals surface area contributed by atoms with Crippen molar-refractivity contribution in [3.8, 4) is 5.75 Å². The SMILES string of the molecule is Cc1cc(N2CCN(c3ccc(C(=O)Nc4ccc(F)cc4)cc3)CC2)ccc1O. The summed E-state index contributed by atoms with van der Waals surface area (Å²) in [6, 6.07) is 19.0. The number of carbonyl (C=O) groups excluding carboxylic acids is 1. The number of nitrogens with zero attached hydrogens (tertiary/aromatic N) is 2. The van der Waals surface area contributed by atoms with Gasteiger partial charge in [-0.3, -0.25) is 4.79 Å². The number of halogens is 1. The summed E-state index contributed by atoms with van der Waals surface area (Å²) in [5.74, 6) is -0.236. The molecule has 1 heterocycles. The van der Waals surface area contributed by atoms with E-state index >= 15 is 0 Å². The van der Waals surface area contributed by atoms with Gasteiger partial charge in [0.25, 0.3) is 5.91 Å². The van der Waals surface area contributed by atoms with Gasteiger partial charge in [-0.05, 0) is 79.2 Å². The van der Waals surface area contributed by atoms with Gasteiger partial charge in [-0.2, -0.15) is 0 Å². The van der Waals surface area contributed by atoms with Crippen LogP contribution in [0.3, 0.4) is 0 Å². The number of phenolic OH excluding ortho intramolecular Hbond substituents is 1. The van der Waals surface area contributed by atoms with Crippen LogP contribution in [0.1, 0.15) is 15.9 Å². The maximum absolute atomic E-state index is 13.0. The van der Waals surface area contributed by atoms with Crippen molar-refractivity contribution < 1.29 is 14.3 Å². The van der Waals surface area contributed by atoms with Crippen molar-refractivity contribution in [3.63, 3.8) is 0 Å². The van der Waals surface area contributed by atoms with Gasteiger partial charge in [0.05, 0.1) is 0 Å². The molecule has 1 saturated heterocycles. The van der Waals surface area contributed by atoms with Gasteiger partial charge in [-0.25, -0.2) is 4.39 Å². The predicted molar refractivity (Wildman–Crippen MR) is 118 cm³/mol. The number of phenols is 1. The van der Waals surface area contributed by atoms with Gasteiger partial charge in [0.15, 0.2) is 0 Å². The maximum Gasteiger partial charge on any atom is 0.255 e. The van der Waals surface area contributed by atoms with E-state index in [-0.39, 0.29) is 11.7 Å². The molecule has 1 aliphatic heterocycles. The fraction of sp³-hybridized carbons (Fsp3) is 0.208. The molecule has 5 nitrogen and oxygen atoms in total. The zero-order valence-corrected chi connectivity index (χ0v) is 16.8. The van der Waals surface area contributed by atoms with Crippen LogP contribution in [-0.2, 0) is 0 Å². The van der Waals surface area contributed by atoms with Crippen LogP contribution in [0.15, 0.2) is 66.7 Å². The second kappa shape index (κ2) is 8.45. The van der Waals surface area contributed by atoms with Crippen molar-refractivity contribution in [1.82, 2.24) is 0 Å². The third-order valence-electron chi connectivity index (χ3n) is 5.42. The van der Waals surface area contributed by atoms with Crippen LogP contribution in [0.25, 0.3) is 0 Å². The first-order valence-corrected chi connectivity index (χ1v) is 9.96. The average Bonchev–Trinajstić information content (AvgIpc) is 2.77. The molecule has 1 fully saturated rings. The minimum absolute atomic E-state index is 0.222. The van der Waals surface area contributed by atoms with E-state index in [0.29, 0.717) is 17.0 Å². The lowest BCUT2D eigenvalue weighted by molar-refractivity contribution is 0.102. The molecule has 0 radical (unpaired) electrons. The molecule has 1 amide bonds. The first-order valence-electron chi connectivity index (χ1n) is 9.96. The third kappa shape index (κ3) is 4.38. The molecule has 30 heavy (non-hydrogen) atoms. The highest BCUT2D eigenvalue weighted by Crippen LogP contribution is 2.25. The van der Waals surface area contributed by atoms with Crippen LogP contribution < -0.4 is 15.1 Å². The third-order valence-corrected chi connectivity index (χ3v) is 5.42. The first-order chi connectivity index (χ1) is 14.5. The summed E-state index contributed by atoms with van der Waals surface area (Å²) in [4.78, 5) is 17.0. The smallest absolute Gasteiger partial charge is 0.255 e. The molecule has 6 heteroatoms. The number of anilines is 3. The van der Waals surface area contributed by atoms with E-state index in [1.807, 2.05) is 43.3 Å². The van der Waals surface area contributed by atoms with E-state index in [0.717, 1.165) is 43.1 Å². The Morgan fingerprint density at radius 1 is 0.867 bits per heavy atom. The van der Waals surface area contributed by atoms with Crippen LogP contribution in [-0.4, -0.2) is 37.2 Å². The number of aryl methyl sites for hydroxylation is 1.